The molecule has 0 bridgehead atoms. The van der Waals surface area contributed by atoms with Gasteiger partial charge in [-0.2, -0.15) is 0 Å². The summed E-state index contributed by atoms with van der Waals surface area (Å²) in [4.78, 5) is 2.95. The molecule has 2 aromatic rings. The van der Waals surface area contributed by atoms with Crippen LogP contribution >= 0.6 is 0 Å². The first kappa shape index (κ1) is 14.3. The predicted octanol–water partition coefficient (Wildman–Crippen LogP) is -0.157. The standard InChI is InChI=1S/C10H10BF3N.K/c1-6-3-4-9(11(12,13)14)8-5-7(2)15-10(6)8;/h3-5,15H,1-2H3;/q-1;+1. The molecule has 16 heavy (non-hydrogen) atoms. The molecule has 80 valence electrons. The molecule has 0 spiro atoms. The van der Waals surface area contributed by atoms with Crippen LogP contribution in [-0.2, 0) is 0 Å². The molecular weight excluding hydrogens is 241 g/mol. The Bertz CT molecular complexity index is 518. The van der Waals surface area contributed by atoms with Gasteiger partial charge in [-0.3, -0.25) is 0 Å². The molecule has 0 saturated heterocycles. The molecule has 0 saturated carbocycles. The maximum absolute atomic E-state index is 12.7. The monoisotopic (exact) mass is 251 g/mol. The molecule has 1 nitrogen and oxygen atoms in total. The van der Waals surface area contributed by atoms with Crippen LogP contribution in [-0.4, -0.2) is 12.0 Å². The second kappa shape index (κ2) is 4.86. The molecule has 1 heterocycles. The van der Waals surface area contributed by atoms with E-state index in [9.17, 15) is 12.9 Å². The first-order valence-corrected chi connectivity index (χ1v) is 4.68. The van der Waals surface area contributed by atoms with E-state index < -0.39 is 12.4 Å². The molecular formula is C10H10BF3KN. The zero-order valence-corrected chi connectivity index (χ0v) is 12.6. The van der Waals surface area contributed by atoms with Crippen molar-refractivity contribution in [1.82, 2.24) is 4.98 Å². The molecule has 0 atom stereocenters. The zero-order valence-electron chi connectivity index (χ0n) is 9.44. The normalized spacial score (nSPS) is 11.6. The van der Waals surface area contributed by atoms with Gasteiger partial charge in [-0.15, -0.1) is 0 Å². The van der Waals surface area contributed by atoms with E-state index >= 15 is 0 Å². The number of fused-ring (bicyclic) bond motifs is 1. The van der Waals surface area contributed by atoms with Gasteiger partial charge in [0.25, 0.3) is 0 Å². The summed E-state index contributed by atoms with van der Waals surface area (Å²) in [5.41, 5.74) is 1.66. The summed E-state index contributed by atoms with van der Waals surface area (Å²) in [6, 6.07) is 4.21. The topological polar surface area (TPSA) is 15.8 Å². The Hall–Kier alpha value is 0.251. The van der Waals surface area contributed by atoms with Crippen molar-refractivity contribution in [3.8, 4) is 0 Å². The molecule has 0 aliphatic heterocycles. The summed E-state index contributed by atoms with van der Waals surface area (Å²) in [5, 5.41) is 0.278. The van der Waals surface area contributed by atoms with Gasteiger partial charge in [-0.25, -0.2) is 0 Å². The van der Waals surface area contributed by atoms with Crippen molar-refractivity contribution in [3.05, 3.63) is 29.5 Å². The average Bonchev–Trinajstić information content (AvgIpc) is 2.45. The van der Waals surface area contributed by atoms with Crippen molar-refractivity contribution in [2.24, 2.45) is 0 Å². The molecule has 1 N–H and O–H groups in total. The molecule has 6 heteroatoms. The first-order chi connectivity index (χ1) is 6.89. The van der Waals surface area contributed by atoms with Crippen LogP contribution in [0, 0.1) is 13.8 Å². The van der Waals surface area contributed by atoms with Crippen molar-refractivity contribution >= 4 is 23.3 Å². The van der Waals surface area contributed by atoms with Crippen LogP contribution in [0.4, 0.5) is 12.9 Å². The number of nitrogens with one attached hydrogen (secondary N) is 1. The minimum absolute atomic E-state index is 0. The number of hydrogen-bond donors (Lipinski definition) is 1. The van der Waals surface area contributed by atoms with Crippen molar-refractivity contribution < 1.29 is 64.3 Å². The molecule has 1 aromatic heterocycles. The smallest absolute Gasteiger partial charge is 0.445 e. The number of halogens is 3. The van der Waals surface area contributed by atoms with Gasteiger partial charge in [-0.1, -0.05) is 17.6 Å². The number of aryl methyl sites for hydroxylation is 2. The van der Waals surface area contributed by atoms with Crippen molar-refractivity contribution in [2.45, 2.75) is 13.8 Å². The van der Waals surface area contributed by atoms with E-state index in [0.717, 1.165) is 17.3 Å². The van der Waals surface area contributed by atoms with Gasteiger partial charge in [-0.05, 0) is 30.9 Å². The molecule has 2 rings (SSSR count). The van der Waals surface area contributed by atoms with Gasteiger partial charge in [0.1, 0.15) is 0 Å². The summed E-state index contributed by atoms with van der Waals surface area (Å²) in [7, 11) is 0. The Balaban J connectivity index is 0.00000128. The van der Waals surface area contributed by atoms with Gasteiger partial charge >= 0.3 is 58.4 Å². The van der Waals surface area contributed by atoms with E-state index in [0.29, 0.717) is 5.52 Å². The molecule has 0 radical (unpaired) electrons. The van der Waals surface area contributed by atoms with Crippen LogP contribution in [0.3, 0.4) is 0 Å². The van der Waals surface area contributed by atoms with Crippen LogP contribution in [0.15, 0.2) is 18.2 Å². The van der Waals surface area contributed by atoms with E-state index in [1.165, 1.54) is 6.07 Å². The van der Waals surface area contributed by atoms with Gasteiger partial charge in [0.2, 0.25) is 0 Å². The predicted molar refractivity (Wildman–Crippen MR) is 56.5 cm³/mol. The van der Waals surface area contributed by atoms with Gasteiger partial charge in [0.05, 0.1) is 0 Å². The fourth-order valence-corrected chi connectivity index (χ4v) is 1.80. The fraction of sp³-hybridized carbons (Fsp3) is 0.200. The Labute approximate surface area is 134 Å². The third kappa shape index (κ3) is 2.56. The van der Waals surface area contributed by atoms with Crippen molar-refractivity contribution in [3.63, 3.8) is 0 Å². The minimum Gasteiger partial charge on any atom is -0.445 e. The zero-order chi connectivity index (χ0) is 11.2. The summed E-state index contributed by atoms with van der Waals surface area (Å²) in [5.74, 6) is 0. The van der Waals surface area contributed by atoms with E-state index in [1.807, 2.05) is 0 Å². The number of benzene rings is 1. The van der Waals surface area contributed by atoms with E-state index in [2.05, 4.69) is 4.98 Å². The molecule has 0 aliphatic carbocycles. The minimum atomic E-state index is -4.94. The van der Waals surface area contributed by atoms with Crippen LogP contribution < -0.4 is 56.8 Å². The average molecular weight is 251 g/mol. The molecule has 0 fully saturated rings. The molecule has 0 aliphatic rings. The number of hydrogen-bond acceptors (Lipinski definition) is 0. The molecule has 0 amide bonds. The van der Waals surface area contributed by atoms with Crippen LogP contribution in [0.1, 0.15) is 11.3 Å². The Morgan fingerprint density at radius 1 is 1.12 bits per heavy atom. The SMILES string of the molecule is Cc1cc2c([B-](F)(F)F)ccc(C)c2[nH]1.[K+]. The van der Waals surface area contributed by atoms with E-state index in [4.69, 9.17) is 0 Å². The third-order valence-corrected chi connectivity index (χ3v) is 2.52. The Kier molecular flexibility index (Phi) is 4.35. The number of H-pyrrole nitrogens is 1. The van der Waals surface area contributed by atoms with Crippen LogP contribution in [0.2, 0.25) is 0 Å². The van der Waals surface area contributed by atoms with E-state index in [1.54, 1.807) is 19.9 Å². The number of aromatic nitrogens is 1. The summed E-state index contributed by atoms with van der Waals surface area (Å²) >= 11 is 0. The number of aromatic amines is 1. The Morgan fingerprint density at radius 3 is 2.31 bits per heavy atom. The second-order valence-electron chi connectivity index (χ2n) is 3.79. The second-order valence-corrected chi connectivity index (χ2v) is 3.79. The number of rotatable bonds is 1. The quantitative estimate of drug-likeness (QED) is 0.678. The van der Waals surface area contributed by atoms with Gasteiger partial charge < -0.3 is 17.9 Å². The summed E-state index contributed by atoms with van der Waals surface area (Å²) in [6.45, 7) is -1.38. The van der Waals surface area contributed by atoms with Gasteiger partial charge in [0, 0.05) is 11.2 Å². The fourth-order valence-electron chi connectivity index (χ4n) is 1.80. The van der Waals surface area contributed by atoms with Crippen LogP contribution in [0.5, 0.6) is 0 Å². The summed E-state index contributed by atoms with van der Waals surface area (Å²) < 4.78 is 38.1. The Morgan fingerprint density at radius 2 is 1.75 bits per heavy atom. The largest absolute Gasteiger partial charge is 1.00 e. The van der Waals surface area contributed by atoms with Crippen molar-refractivity contribution in [2.75, 3.05) is 0 Å². The molecule has 1 aromatic carbocycles. The summed E-state index contributed by atoms with van der Waals surface area (Å²) in [6.07, 6.45) is 0. The molecule has 0 unspecified atom stereocenters. The van der Waals surface area contributed by atoms with Gasteiger partial charge in [0.15, 0.2) is 0 Å². The third-order valence-electron chi connectivity index (χ3n) is 2.52. The van der Waals surface area contributed by atoms with Crippen LogP contribution in [0.25, 0.3) is 10.9 Å². The maximum atomic E-state index is 12.7. The maximum Gasteiger partial charge on any atom is 1.00 e. The van der Waals surface area contributed by atoms with E-state index in [-0.39, 0.29) is 56.8 Å². The first-order valence-electron chi connectivity index (χ1n) is 4.68. The van der Waals surface area contributed by atoms with Crippen molar-refractivity contribution in [1.29, 1.82) is 0 Å².